The fraction of sp³-hybridized carbons (Fsp3) is 0.545. The number of H-pyrrole nitrogens is 1. The summed E-state index contributed by atoms with van der Waals surface area (Å²) in [6.07, 6.45) is 2.01. The summed E-state index contributed by atoms with van der Waals surface area (Å²) in [7, 11) is -2.18. The van der Waals surface area contributed by atoms with Crippen LogP contribution in [0.25, 0.3) is 0 Å². The van der Waals surface area contributed by atoms with Crippen LogP contribution in [-0.4, -0.2) is 53.8 Å². The van der Waals surface area contributed by atoms with E-state index in [1.165, 1.54) is 4.31 Å². The lowest BCUT2D eigenvalue weighted by Gasteiger charge is -2.31. The third-order valence-electron chi connectivity index (χ3n) is 6.34. The molecule has 2 aromatic rings. The lowest BCUT2D eigenvalue weighted by atomic mass is 10.0. The molecule has 8 nitrogen and oxygen atoms in total. The Labute approximate surface area is 183 Å². The summed E-state index contributed by atoms with van der Waals surface area (Å²) >= 11 is 0. The number of hydrogen-bond acceptors (Lipinski definition) is 6. The quantitative estimate of drug-likeness (QED) is 0.758. The van der Waals surface area contributed by atoms with Crippen LogP contribution in [0.15, 0.2) is 27.9 Å². The van der Waals surface area contributed by atoms with Gasteiger partial charge in [0.2, 0.25) is 10.0 Å². The molecule has 0 aliphatic carbocycles. The zero-order chi connectivity index (χ0) is 22.3. The average Bonchev–Trinajstić information content (AvgIpc) is 3.24. The van der Waals surface area contributed by atoms with Crippen LogP contribution in [0.3, 0.4) is 0 Å². The fourth-order valence-electron chi connectivity index (χ4n) is 4.53. The van der Waals surface area contributed by atoms with E-state index in [0.717, 1.165) is 29.8 Å². The number of benzene rings is 1. The fourth-order valence-corrected chi connectivity index (χ4v) is 6.27. The Morgan fingerprint density at radius 1 is 1.26 bits per heavy atom. The molecule has 1 unspecified atom stereocenters. The predicted molar refractivity (Wildman–Crippen MR) is 118 cm³/mol. The first kappa shape index (κ1) is 22.0. The van der Waals surface area contributed by atoms with E-state index < -0.39 is 16.1 Å². The molecule has 1 aromatic heterocycles. The maximum absolute atomic E-state index is 13.4. The normalized spacial score (nSPS) is 20.2. The molecule has 2 aliphatic rings. The van der Waals surface area contributed by atoms with Crippen molar-refractivity contribution >= 4 is 10.0 Å². The molecule has 0 radical (unpaired) electrons. The molecule has 1 aromatic carbocycles. The molecule has 0 bridgehead atoms. The molecule has 1 atom stereocenters. The molecular weight excluding hydrogens is 416 g/mol. The predicted octanol–water partition coefficient (Wildman–Crippen LogP) is 2.38. The Balaban J connectivity index is 1.69. The Bertz CT molecular complexity index is 1140. The van der Waals surface area contributed by atoms with E-state index in [-0.39, 0.29) is 10.5 Å². The van der Waals surface area contributed by atoms with Crippen molar-refractivity contribution in [2.75, 3.05) is 20.2 Å². The maximum atomic E-state index is 13.4. The smallest absolute Gasteiger partial charge is 0.254 e. The minimum absolute atomic E-state index is 0.145. The zero-order valence-electron chi connectivity index (χ0n) is 18.5. The highest BCUT2D eigenvalue weighted by Gasteiger charge is 2.38. The number of aromatic amines is 1. The highest BCUT2D eigenvalue weighted by Crippen LogP contribution is 2.36. The maximum Gasteiger partial charge on any atom is 0.254 e. The van der Waals surface area contributed by atoms with Gasteiger partial charge in [0.25, 0.3) is 5.56 Å². The van der Waals surface area contributed by atoms with Crippen LogP contribution < -0.4 is 10.3 Å². The van der Waals surface area contributed by atoms with Crippen molar-refractivity contribution in [1.29, 1.82) is 0 Å². The second kappa shape index (κ2) is 8.37. The number of aromatic nitrogens is 2. The van der Waals surface area contributed by atoms with Gasteiger partial charge in [-0.3, -0.25) is 9.69 Å². The third-order valence-corrected chi connectivity index (χ3v) is 8.25. The first-order valence-corrected chi connectivity index (χ1v) is 12.2. The van der Waals surface area contributed by atoms with Gasteiger partial charge in [-0.1, -0.05) is 0 Å². The molecule has 4 rings (SSSR count). The summed E-state index contributed by atoms with van der Waals surface area (Å²) in [5.74, 6) is 1.09. The highest BCUT2D eigenvalue weighted by atomic mass is 32.2. The second-order valence-electron chi connectivity index (χ2n) is 8.60. The van der Waals surface area contributed by atoms with Crippen LogP contribution in [0.1, 0.15) is 55.4 Å². The number of rotatable bonds is 5. The number of nitrogens with zero attached hydrogens (tertiary/aromatic N) is 3. The minimum atomic E-state index is -3.74. The molecule has 0 amide bonds. The number of fused-ring (bicyclic) bond motifs is 1. The highest BCUT2D eigenvalue weighted by molar-refractivity contribution is 7.89. The topological polar surface area (TPSA) is 95.6 Å². The van der Waals surface area contributed by atoms with Crippen molar-refractivity contribution in [1.82, 2.24) is 19.2 Å². The Kier molecular flexibility index (Phi) is 5.93. The summed E-state index contributed by atoms with van der Waals surface area (Å²) in [6, 6.07) is 4.76. The van der Waals surface area contributed by atoms with Gasteiger partial charge in [-0.15, -0.1) is 0 Å². The van der Waals surface area contributed by atoms with Crippen LogP contribution in [0.5, 0.6) is 5.75 Å². The lowest BCUT2D eigenvalue weighted by molar-refractivity contribution is 0.198. The summed E-state index contributed by atoms with van der Waals surface area (Å²) < 4.78 is 33.6. The number of aryl methyl sites for hydroxylation is 1. The Hall–Kier alpha value is -2.23. The number of sulfonamides is 1. The molecule has 3 heterocycles. The van der Waals surface area contributed by atoms with Gasteiger partial charge in [0.05, 0.1) is 23.7 Å². The van der Waals surface area contributed by atoms with Gasteiger partial charge in [-0.2, -0.15) is 4.31 Å². The van der Waals surface area contributed by atoms with E-state index in [1.807, 2.05) is 6.92 Å². The van der Waals surface area contributed by atoms with E-state index in [1.54, 1.807) is 25.3 Å². The van der Waals surface area contributed by atoms with E-state index in [4.69, 9.17) is 9.72 Å². The van der Waals surface area contributed by atoms with E-state index in [9.17, 15) is 13.2 Å². The first-order chi connectivity index (χ1) is 14.7. The monoisotopic (exact) mass is 446 g/mol. The summed E-state index contributed by atoms with van der Waals surface area (Å²) in [5.41, 5.74) is 2.10. The molecule has 2 aliphatic heterocycles. The number of nitrogens with one attached hydrogen (secondary N) is 1. The molecule has 1 N–H and O–H groups in total. The third kappa shape index (κ3) is 4.02. The van der Waals surface area contributed by atoms with Crippen molar-refractivity contribution in [3.8, 4) is 5.75 Å². The van der Waals surface area contributed by atoms with Crippen molar-refractivity contribution in [2.24, 2.45) is 0 Å². The second-order valence-corrected chi connectivity index (χ2v) is 10.5. The van der Waals surface area contributed by atoms with Gasteiger partial charge >= 0.3 is 0 Å². The van der Waals surface area contributed by atoms with Gasteiger partial charge in [0.15, 0.2) is 0 Å². The zero-order valence-corrected chi connectivity index (χ0v) is 19.3. The standard InChI is InChI=1S/C22H30N4O4S/c1-14(2)25-11-9-17-18(13-25)23-21(24-22(17)27)19-6-5-10-26(19)31(28,29)16-7-8-20(30-4)15(3)12-16/h7-8,12,14,19H,5-6,9-11,13H2,1-4H3,(H,23,24,27). The van der Waals surface area contributed by atoms with Crippen LogP contribution in [0, 0.1) is 6.92 Å². The number of ether oxygens (including phenoxy) is 1. The largest absolute Gasteiger partial charge is 0.496 e. The number of methoxy groups -OCH3 is 1. The van der Waals surface area contributed by atoms with Gasteiger partial charge < -0.3 is 9.72 Å². The lowest BCUT2D eigenvalue weighted by Crippen LogP contribution is -2.40. The molecule has 0 saturated carbocycles. The van der Waals surface area contributed by atoms with Crippen molar-refractivity contribution in [3.63, 3.8) is 0 Å². The molecule has 1 saturated heterocycles. The molecule has 9 heteroatoms. The van der Waals surface area contributed by atoms with E-state index >= 15 is 0 Å². The van der Waals surface area contributed by atoms with Crippen LogP contribution in [0.2, 0.25) is 0 Å². The molecule has 0 spiro atoms. The molecule has 168 valence electrons. The Morgan fingerprint density at radius 3 is 2.71 bits per heavy atom. The first-order valence-electron chi connectivity index (χ1n) is 10.7. The summed E-state index contributed by atoms with van der Waals surface area (Å²) in [6.45, 7) is 7.91. The summed E-state index contributed by atoms with van der Waals surface area (Å²) in [5, 5.41) is 0. The summed E-state index contributed by atoms with van der Waals surface area (Å²) in [4.78, 5) is 22.9. The molecular formula is C22H30N4O4S. The van der Waals surface area contributed by atoms with Crippen LogP contribution >= 0.6 is 0 Å². The molecule has 31 heavy (non-hydrogen) atoms. The van der Waals surface area contributed by atoms with Gasteiger partial charge in [0, 0.05) is 31.2 Å². The van der Waals surface area contributed by atoms with Gasteiger partial charge in [-0.05, 0) is 63.8 Å². The molecule has 1 fully saturated rings. The van der Waals surface area contributed by atoms with Crippen molar-refractivity contribution < 1.29 is 13.2 Å². The van der Waals surface area contributed by atoms with Crippen LogP contribution in [0.4, 0.5) is 0 Å². The van der Waals surface area contributed by atoms with Gasteiger partial charge in [0.1, 0.15) is 11.6 Å². The van der Waals surface area contributed by atoms with Gasteiger partial charge in [-0.25, -0.2) is 13.4 Å². The minimum Gasteiger partial charge on any atom is -0.496 e. The van der Waals surface area contributed by atoms with Crippen molar-refractivity contribution in [2.45, 2.75) is 63.6 Å². The van der Waals surface area contributed by atoms with Crippen LogP contribution in [-0.2, 0) is 23.0 Å². The van der Waals surface area contributed by atoms with E-state index in [0.29, 0.717) is 43.5 Å². The SMILES string of the molecule is COc1ccc(S(=O)(=O)N2CCCC2c2nc3c(c(=O)[nH]2)CCN(C(C)C)C3)cc1C. The number of hydrogen-bond donors (Lipinski definition) is 1. The van der Waals surface area contributed by atoms with Crippen molar-refractivity contribution in [3.05, 3.63) is 51.2 Å². The van der Waals surface area contributed by atoms with E-state index in [2.05, 4.69) is 23.7 Å². The Morgan fingerprint density at radius 2 is 2.03 bits per heavy atom. The average molecular weight is 447 g/mol.